The Kier molecular flexibility index (Phi) is 3.17. The molecule has 0 saturated heterocycles. The lowest BCUT2D eigenvalue weighted by Crippen LogP contribution is -2.02. The summed E-state index contributed by atoms with van der Waals surface area (Å²) < 4.78 is 0.869. The highest BCUT2D eigenvalue weighted by molar-refractivity contribution is 9.10. The number of carbonyl (C=O) groups is 1. The van der Waals surface area contributed by atoms with Crippen molar-refractivity contribution in [3.8, 4) is 0 Å². The van der Waals surface area contributed by atoms with Crippen LogP contribution in [-0.4, -0.2) is 15.8 Å². The molecule has 94 valence electrons. The van der Waals surface area contributed by atoms with Crippen LogP contribution in [0.25, 0.3) is 11.0 Å². The SMILES string of the molecule is O=C(Cc1ccccc1)c1c[nH]c2ncc(Br)cc12. The number of halogens is 1. The zero-order chi connectivity index (χ0) is 13.2. The first-order valence-corrected chi connectivity index (χ1v) is 6.73. The van der Waals surface area contributed by atoms with Crippen molar-refractivity contribution in [3.05, 3.63) is 64.4 Å². The van der Waals surface area contributed by atoms with Crippen LogP contribution in [-0.2, 0) is 6.42 Å². The van der Waals surface area contributed by atoms with Gasteiger partial charge in [-0.1, -0.05) is 30.3 Å². The van der Waals surface area contributed by atoms with Crippen LogP contribution in [0.1, 0.15) is 15.9 Å². The summed E-state index contributed by atoms with van der Waals surface area (Å²) in [5.74, 6) is 0.0948. The van der Waals surface area contributed by atoms with E-state index in [-0.39, 0.29) is 5.78 Å². The fourth-order valence-corrected chi connectivity index (χ4v) is 2.42. The summed E-state index contributed by atoms with van der Waals surface area (Å²) in [6, 6.07) is 11.7. The maximum Gasteiger partial charge on any atom is 0.169 e. The van der Waals surface area contributed by atoms with Gasteiger partial charge in [0.25, 0.3) is 0 Å². The number of rotatable bonds is 3. The second-order valence-corrected chi connectivity index (χ2v) is 5.25. The number of aromatic nitrogens is 2. The number of aromatic amines is 1. The van der Waals surface area contributed by atoms with E-state index < -0.39 is 0 Å². The minimum Gasteiger partial charge on any atom is -0.345 e. The molecule has 1 aromatic carbocycles. The van der Waals surface area contributed by atoms with E-state index in [0.717, 1.165) is 21.1 Å². The largest absolute Gasteiger partial charge is 0.345 e. The van der Waals surface area contributed by atoms with E-state index in [1.54, 1.807) is 12.4 Å². The van der Waals surface area contributed by atoms with E-state index in [9.17, 15) is 4.79 Å². The van der Waals surface area contributed by atoms with Gasteiger partial charge in [0, 0.05) is 34.2 Å². The topological polar surface area (TPSA) is 45.8 Å². The lowest BCUT2D eigenvalue weighted by Gasteiger charge is -2.00. The van der Waals surface area contributed by atoms with Gasteiger partial charge in [-0.2, -0.15) is 0 Å². The molecular formula is C15H11BrN2O. The number of benzene rings is 1. The zero-order valence-corrected chi connectivity index (χ0v) is 11.6. The van der Waals surface area contributed by atoms with Gasteiger partial charge in [-0.15, -0.1) is 0 Å². The van der Waals surface area contributed by atoms with E-state index in [1.807, 2.05) is 36.4 Å². The molecule has 0 aliphatic carbocycles. The summed E-state index contributed by atoms with van der Waals surface area (Å²) in [5, 5.41) is 0.857. The molecule has 2 heterocycles. The molecule has 0 spiro atoms. The quantitative estimate of drug-likeness (QED) is 0.748. The summed E-state index contributed by atoms with van der Waals surface area (Å²) in [6.45, 7) is 0. The highest BCUT2D eigenvalue weighted by Crippen LogP contribution is 2.21. The molecule has 2 aromatic heterocycles. The highest BCUT2D eigenvalue weighted by Gasteiger charge is 2.13. The maximum absolute atomic E-state index is 12.3. The van der Waals surface area contributed by atoms with Gasteiger partial charge in [-0.05, 0) is 27.6 Å². The number of nitrogens with zero attached hydrogens (tertiary/aromatic N) is 1. The Labute approximate surface area is 118 Å². The molecule has 4 heteroatoms. The van der Waals surface area contributed by atoms with Gasteiger partial charge in [0.1, 0.15) is 5.65 Å². The number of nitrogens with one attached hydrogen (secondary N) is 1. The van der Waals surface area contributed by atoms with E-state index >= 15 is 0 Å². The first-order chi connectivity index (χ1) is 9.24. The number of ketones is 1. The summed E-state index contributed by atoms with van der Waals surface area (Å²) in [6.07, 6.45) is 3.85. The van der Waals surface area contributed by atoms with Crippen LogP contribution in [0, 0.1) is 0 Å². The van der Waals surface area contributed by atoms with Crippen molar-refractivity contribution in [2.75, 3.05) is 0 Å². The van der Waals surface area contributed by atoms with Crippen molar-refractivity contribution in [2.45, 2.75) is 6.42 Å². The summed E-state index contributed by atoms with van der Waals surface area (Å²) in [7, 11) is 0. The number of hydrogen-bond acceptors (Lipinski definition) is 2. The van der Waals surface area contributed by atoms with Gasteiger partial charge in [0.05, 0.1) is 0 Å². The smallest absolute Gasteiger partial charge is 0.169 e. The Hall–Kier alpha value is -1.94. The van der Waals surface area contributed by atoms with Crippen LogP contribution < -0.4 is 0 Å². The van der Waals surface area contributed by atoms with Gasteiger partial charge in [0.2, 0.25) is 0 Å². The predicted octanol–water partition coefficient (Wildman–Crippen LogP) is 3.75. The van der Waals surface area contributed by atoms with Crippen molar-refractivity contribution in [3.63, 3.8) is 0 Å². The molecule has 0 aliphatic rings. The third-order valence-electron chi connectivity index (χ3n) is 3.01. The van der Waals surface area contributed by atoms with Crippen LogP contribution in [0.3, 0.4) is 0 Å². The van der Waals surface area contributed by atoms with Gasteiger partial charge in [0.15, 0.2) is 5.78 Å². The zero-order valence-electron chi connectivity index (χ0n) is 10.1. The second-order valence-electron chi connectivity index (χ2n) is 4.34. The number of pyridine rings is 1. The molecule has 3 rings (SSSR count). The van der Waals surface area contributed by atoms with Gasteiger partial charge in [-0.25, -0.2) is 4.98 Å². The Morgan fingerprint density at radius 1 is 1.26 bits per heavy atom. The van der Waals surface area contributed by atoms with Crippen LogP contribution in [0.4, 0.5) is 0 Å². The molecule has 0 aliphatic heterocycles. The lowest BCUT2D eigenvalue weighted by molar-refractivity contribution is 0.0994. The summed E-state index contributed by atoms with van der Waals surface area (Å²) in [5.41, 5.74) is 2.44. The summed E-state index contributed by atoms with van der Waals surface area (Å²) in [4.78, 5) is 19.6. The summed E-state index contributed by atoms with van der Waals surface area (Å²) >= 11 is 3.38. The normalized spacial score (nSPS) is 10.8. The molecule has 0 fully saturated rings. The van der Waals surface area contributed by atoms with Crippen molar-refractivity contribution in [1.29, 1.82) is 0 Å². The average Bonchev–Trinajstić information content (AvgIpc) is 2.82. The standard InChI is InChI=1S/C15H11BrN2O/c16-11-7-12-13(9-18-15(12)17-8-11)14(19)6-10-4-2-1-3-5-10/h1-5,7-9H,6H2,(H,17,18). The number of Topliss-reactive ketones (excluding diaryl/α,β-unsaturated/α-hetero) is 1. The van der Waals surface area contributed by atoms with Crippen LogP contribution in [0.2, 0.25) is 0 Å². The predicted molar refractivity (Wildman–Crippen MR) is 78.3 cm³/mol. The van der Waals surface area contributed by atoms with Crippen molar-refractivity contribution < 1.29 is 4.79 Å². The van der Waals surface area contributed by atoms with E-state index in [4.69, 9.17) is 0 Å². The molecule has 3 nitrogen and oxygen atoms in total. The molecule has 0 saturated carbocycles. The molecule has 0 atom stereocenters. The first kappa shape index (κ1) is 12.1. The monoisotopic (exact) mass is 314 g/mol. The number of H-pyrrole nitrogens is 1. The second kappa shape index (κ2) is 4.97. The van der Waals surface area contributed by atoms with Crippen molar-refractivity contribution in [2.24, 2.45) is 0 Å². The highest BCUT2D eigenvalue weighted by atomic mass is 79.9. The molecule has 1 N–H and O–H groups in total. The minimum atomic E-state index is 0.0948. The number of carbonyl (C=O) groups excluding carboxylic acids is 1. The average molecular weight is 315 g/mol. The van der Waals surface area contributed by atoms with E-state index in [2.05, 4.69) is 25.9 Å². The molecule has 0 bridgehead atoms. The number of fused-ring (bicyclic) bond motifs is 1. The lowest BCUT2D eigenvalue weighted by atomic mass is 10.0. The molecule has 19 heavy (non-hydrogen) atoms. The third-order valence-corrected chi connectivity index (χ3v) is 3.44. The Bertz CT molecular complexity index is 734. The third kappa shape index (κ3) is 2.44. The van der Waals surface area contributed by atoms with Crippen LogP contribution >= 0.6 is 15.9 Å². The van der Waals surface area contributed by atoms with Crippen LogP contribution in [0.15, 0.2) is 53.3 Å². The van der Waals surface area contributed by atoms with Crippen LogP contribution in [0.5, 0.6) is 0 Å². The van der Waals surface area contributed by atoms with Gasteiger partial charge in [-0.3, -0.25) is 4.79 Å². The Morgan fingerprint density at radius 3 is 2.84 bits per heavy atom. The van der Waals surface area contributed by atoms with Crippen molar-refractivity contribution >= 4 is 32.7 Å². The van der Waals surface area contributed by atoms with E-state index in [0.29, 0.717) is 12.0 Å². The first-order valence-electron chi connectivity index (χ1n) is 5.94. The molecule has 3 aromatic rings. The molecular weight excluding hydrogens is 304 g/mol. The minimum absolute atomic E-state index is 0.0948. The van der Waals surface area contributed by atoms with E-state index in [1.165, 1.54) is 0 Å². The van der Waals surface area contributed by atoms with Gasteiger partial charge < -0.3 is 4.98 Å². The number of hydrogen-bond donors (Lipinski definition) is 1. The molecule has 0 unspecified atom stereocenters. The van der Waals surface area contributed by atoms with Gasteiger partial charge >= 0.3 is 0 Å². The van der Waals surface area contributed by atoms with Crippen molar-refractivity contribution in [1.82, 2.24) is 9.97 Å². The molecule has 0 radical (unpaired) electrons. The molecule has 0 amide bonds. The maximum atomic E-state index is 12.3. The fourth-order valence-electron chi connectivity index (χ4n) is 2.09. The Balaban J connectivity index is 1.96. The fraction of sp³-hybridized carbons (Fsp3) is 0.0667. The Morgan fingerprint density at radius 2 is 2.05 bits per heavy atom.